The normalized spacial score (nSPS) is 12.1. The molecule has 4 nitrogen and oxygen atoms in total. The van der Waals surface area contributed by atoms with E-state index in [4.69, 9.17) is 9.72 Å². The minimum atomic E-state index is 0.0413. The number of ether oxygens (including phenoxy) is 1. The number of hydrogen-bond donors (Lipinski definition) is 0. The first kappa shape index (κ1) is 12.9. The van der Waals surface area contributed by atoms with Crippen LogP contribution in [-0.4, -0.2) is 21.9 Å². The smallest absolute Gasteiger partial charge is 0.161 e. The van der Waals surface area contributed by atoms with Gasteiger partial charge in [-0.15, -0.1) is 0 Å². The molecule has 0 bridgehead atoms. The number of rotatable bonds is 3. The highest BCUT2D eigenvalue weighted by molar-refractivity contribution is 5.85. The SMILES string of the molecule is CCC(C)(C)c1cc(OC)c2c(C)nn(C)c2n1. The number of pyridine rings is 1. The summed E-state index contributed by atoms with van der Waals surface area (Å²) in [4.78, 5) is 4.77. The first-order chi connectivity index (χ1) is 8.40. The molecule has 2 rings (SSSR count). The molecule has 0 saturated heterocycles. The third-order valence-corrected chi connectivity index (χ3v) is 3.73. The van der Waals surface area contributed by atoms with Crippen molar-refractivity contribution in [2.24, 2.45) is 7.05 Å². The van der Waals surface area contributed by atoms with Crippen molar-refractivity contribution in [3.05, 3.63) is 17.5 Å². The van der Waals surface area contributed by atoms with E-state index < -0.39 is 0 Å². The molecule has 0 radical (unpaired) electrons. The molecule has 4 heteroatoms. The Kier molecular flexibility index (Phi) is 3.05. The minimum absolute atomic E-state index is 0.0413. The van der Waals surface area contributed by atoms with Gasteiger partial charge in [-0.25, -0.2) is 4.98 Å². The summed E-state index contributed by atoms with van der Waals surface area (Å²) in [5.41, 5.74) is 2.94. The van der Waals surface area contributed by atoms with Crippen LogP contribution in [0, 0.1) is 6.92 Å². The number of methoxy groups -OCH3 is 1. The van der Waals surface area contributed by atoms with Crippen LogP contribution in [0.25, 0.3) is 11.0 Å². The zero-order valence-corrected chi connectivity index (χ0v) is 12.0. The molecule has 0 unspecified atom stereocenters. The second-order valence-electron chi connectivity index (χ2n) is 5.35. The van der Waals surface area contributed by atoms with Crippen molar-refractivity contribution in [2.45, 2.75) is 39.5 Å². The van der Waals surface area contributed by atoms with Crippen LogP contribution in [0.3, 0.4) is 0 Å². The topological polar surface area (TPSA) is 39.9 Å². The highest BCUT2D eigenvalue weighted by atomic mass is 16.5. The molecule has 0 N–H and O–H groups in total. The first-order valence-corrected chi connectivity index (χ1v) is 6.29. The Balaban J connectivity index is 2.77. The lowest BCUT2D eigenvalue weighted by atomic mass is 9.86. The molecule has 2 aromatic heterocycles. The molecule has 0 spiro atoms. The van der Waals surface area contributed by atoms with Crippen molar-refractivity contribution in [3.63, 3.8) is 0 Å². The summed E-state index contributed by atoms with van der Waals surface area (Å²) in [6.07, 6.45) is 1.03. The highest BCUT2D eigenvalue weighted by Crippen LogP contribution is 2.33. The fourth-order valence-electron chi connectivity index (χ4n) is 2.09. The minimum Gasteiger partial charge on any atom is -0.496 e. The Morgan fingerprint density at radius 2 is 2.06 bits per heavy atom. The molecule has 0 amide bonds. The average Bonchev–Trinajstić information content (AvgIpc) is 2.64. The molecule has 0 aliphatic heterocycles. The van der Waals surface area contributed by atoms with Crippen molar-refractivity contribution in [2.75, 3.05) is 7.11 Å². The van der Waals surface area contributed by atoms with Gasteiger partial charge >= 0.3 is 0 Å². The van der Waals surface area contributed by atoms with Gasteiger partial charge < -0.3 is 4.74 Å². The van der Waals surface area contributed by atoms with Crippen LogP contribution in [-0.2, 0) is 12.5 Å². The molecule has 0 atom stereocenters. The maximum absolute atomic E-state index is 5.51. The van der Waals surface area contributed by atoms with E-state index in [1.807, 2.05) is 24.7 Å². The largest absolute Gasteiger partial charge is 0.496 e. The van der Waals surface area contributed by atoms with E-state index in [1.165, 1.54) is 0 Å². The zero-order valence-electron chi connectivity index (χ0n) is 12.0. The quantitative estimate of drug-likeness (QED) is 0.837. The maximum Gasteiger partial charge on any atom is 0.161 e. The number of nitrogens with zero attached hydrogens (tertiary/aromatic N) is 3. The highest BCUT2D eigenvalue weighted by Gasteiger charge is 2.23. The van der Waals surface area contributed by atoms with Crippen LogP contribution in [0.15, 0.2) is 6.07 Å². The average molecular weight is 247 g/mol. The Morgan fingerprint density at radius 1 is 1.39 bits per heavy atom. The van der Waals surface area contributed by atoms with Crippen LogP contribution < -0.4 is 4.74 Å². The van der Waals surface area contributed by atoms with E-state index >= 15 is 0 Å². The van der Waals surface area contributed by atoms with Crippen LogP contribution >= 0.6 is 0 Å². The van der Waals surface area contributed by atoms with Gasteiger partial charge in [-0.3, -0.25) is 4.68 Å². The first-order valence-electron chi connectivity index (χ1n) is 6.29. The second kappa shape index (κ2) is 4.26. The number of aryl methyl sites for hydroxylation is 2. The number of fused-ring (bicyclic) bond motifs is 1. The number of hydrogen-bond acceptors (Lipinski definition) is 3. The van der Waals surface area contributed by atoms with Gasteiger partial charge in [-0.2, -0.15) is 5.10 Å². The summed E-state index contributed by atoms with van der Waals surface area (Å²) in [5.74, 6) is 0.863. The summed E-state index contributed by atoms with van der Waals surface area (Å²) in [6, 6.07) is 2.04. The third-order valence-electron chi connectivity index (χ3n) is 3.73. The maximum atomic E-state index is 5.51. The van der Waals surface area contributed by atoms with E-state index in [0.29, 0.717) is 0 Å². The summed E-state index contributed by atoms with van der Waals surface area (Å²) >= 11 is 0. The van der Waals surface area contributed by atoms with Gasteiger partial charge in [0.2, 0.25) is 0 Å². The van der Waals surface area contributed by atoms with Gasteiger partial charge in [-0.05, 0) is 13.3 Å². The molecule has 0 saturated carbocycles. The summed E-state index contributed by atoms with van der Waals surface area (Å²) in [5, 5.41) is 5.43. The van der Waals surface area contributed by atoms with Gasteiger partial charge in [-0.1, -0.05) is 20.8 Å². The van der Waals surface area contributed by atoms with Crippen LogP contribution in [0.5, 0.6) is 5.75 Å². The van der Waals surface area contributed by atoms with Crippen molar-refractivity contribution in [1.82, 2.24) is 14.8 Å². The lowest BCUT2D eigenvalue weighted by Gasteiger charge is -2.22. The molecule has 0 aromatic carbocycles. The van der Waals surface area contributed by atoms with E-state index in [2.05, 4.69) is 25.9 Å². The van der Waals surface area contributed by atoms with Gasteiger partial charge in [0.1, 0.15) is 5.75 Å². The molecule has 0 aliphatic rings. The van der Waals surface area contributed by atoms with Gasteiger partial charge in [0, 0.05) is 18.5 Å². The van der Waals surface area contributed by atoms with Crippen LogP contribution in [0.4, 0.5) is 0 Å². The summed E-state index contributed by atoms with van der Waals surface area (Å²) in [7, 11) is 3.62. The Bertz CT molecular complexity index is 584. The van der Waals surface area contributed by atoms with E-state index in [0.717, 1.165) is 34.6 Å². The van der Waals surface area contributed by atoms with E-state index in [9.17, 15) is 0 Å². The Morgan fingerprint density at radius 3 is 2.61 bits per heavy atom. The predicted octanol–water partition coefficient (Wildman–Crippen LogP) is 2.97. The van der Waals surface area contributed by atoms with Crippen molar-refractivity contribution >= 4 is 11.0 Å². The van der Waals surface area contributed by atoms with Crippen molar-refractivity contribution in [3.8, 4) is 5.75 Å². The molecule has 0 fully saturated rings. The Labute approximate surface area is 108 Å². The van der Waals surface area contributed by atoms with Gasteiger partial charge in [0.05, 0.1) is 23.9 Å². The van der Waals surface area contributed by atoms with Gasteiger partial charge in [0.25, 0.3) is 0 Å². The standard InChI is InChI=1S/C14H21N3O/c1-7-14(3,4)11-8-10(18-6)12-9(2)16-17(5)13(12)15-11/h8H,7H2,1-6H3. The summed E-state index contributed by atoms with van der Waals surface area (Å²) in [6.45, 7) is 8.55. The zero-order chi connectivity index (χ0) is 13.5. The molecule has 98 valence electrons. The lowest BCUT2D eigenvalue weighted by molar-refractivity contribution is 0.414. The van der Waals surface area contributed by atoms with E-state index in [-0.39, 0.29) is 5.41 Å². The predicted molar refractivity (Wildman–Crippen MR) is 73.1 cm³/mol. The monoisotopic (exact) mass is 247 g/mol. The van der Waals surface area contributed by atoms with E-state index in [1.54, 1.807) is 7.11 Å². The fraction of sp³-hybridized carbons (Fsp3) is 0.571. The second-order valence-corrected chi connectivity index (χ2v) is 5.35. The molecule has 18 heavy (non-hydrogen) atoms. The molecule has 2 heterocycles. The van der Waals surface area contributed by atoms with Crippen LogP contribution in [0.1, 0.15) is 38.6 Å². The van der Waals surface area contributed by atoms with Gasteiger partial charge in [0.15, 0.2) is 5.65 Å². The lowest BCUT2D eigenvalue weighted by Crippen LogP contribution is -2.18. The molecular formula is C14H21N3O. The van der Waals surface area contributed by atoms with Crippen molar-refractivity contribution < 1.29 is 4.74 Å². The Hall–Kier alpha value is -1.58. The summed E-state index contributed by atoms with van der Waals surface area (Å²) < 4.78 is 7.33. The molecule has 2 aromatic rings. The van der Waals surface area contributed by atoms with Crippen LogP contribution in [0.2, 0.25) is 0 Å². The fourth-order valence-corrected chi connectivity index (χ4v) is 2.09. The molecular weight excluding hydrogens is 226 g/mol. The molecule has 0 aliphatic carbocycles. The number of aromatic nitrogens is 3. The van der Waals surface area contributed by atoms with Crippen molar-refractivity contribution in [1.29, 1.82) is 0 Å². The third kappa shape index (κ3) is 1.85.